The highest BCUT2D eigenvalue weighted by atomic mass is 19.1. The fraction of sp³-hybridized carbons (Fsp3) is 0.472. The van der Waals surface area contributed by atoms with Crippen molar-refractivity contribution < 1.29 is 28.1 Å². The number of aromatic nitrogens is 3. The van der Waals surface area contributed by atoms with E-state index < -0.39 is 29.6 Å². The molecule has 2 aromatic carbocycles. The summed E-state index contributed by atoms with van der Waals surface area (Å²) in [5.74, 6) is 0.961. The molecule has 2 aromatic heterocycles. The van der Waals surface area contributed by atoms with Crippen LogP contribution in [0.25, 0.3) is 32.9 Å². The number of hydrogen-bond acceptors (Lipinski definition) is 10. The van der Waals surface area contributed by atoms with Gasteiger partial charge < -0.3 is 25.2 Å². The molecule has 4 fully saturated rings. The molecule has 0 spiro atoms. The number of phenols is 1. The third kappa shape index (κ3) is 5.42. The summed E-state index contributed by atoms with van der Waals surface area (Å²) in [6.07, 6.45) is 7.43. The number of phenolic OH excluding ortho intramolecular Hbond substituents is 1. The summed E-state index contributed by atoms with van der Waals surface area (Å²) in [7, 11) is 0. The van der Waals surface area contributed by atoms with Crippen LogP contribution in [-0.4, -0.2) is 93.2 Å². The fourth-order valence-electron chi connectivity index (χ4n) is 8.49. The number of terminal acetylenes is 1. The van der Waals surface area contributed by atoms with Gasteiger partial charge in [-0.05, 0) is 62.4 Å². The number of alkyl halides is 1. The van der Waals surface area contributed by atoms with Crippen molar-refractivity contribution >= 4 is 27.5 Å². The van der Waals surface area contributed by atoms with Gasteiger partial charge in [-0.1, -0.05) is 18.9 Å². The molecular weight excluding hydrogens is 635 g/mol. The van der Waals surface area contributed by atoms with E-state index in [9.17, 15) is 14.6 Å². The van der Waals surface area contributed by atoms with Crippen molar-refractivity contribution in [3.05, 3.63) is 47.2 Å². The van der Waals surface area contributed by atoms with Crippen molar-refractivity contribution in [2.75, 3.05) is 44.2 Å². The van der Waals surface area contributed by atoms with Crippen molar-refractivity contribution in [2.24, 2.45) is 0 Å². The van der Waals surface area contributed by atoms with Crippen LogP contribution in [0.15, 0.2) is 24.3 Å². The van der Waals surface area contributed by atoms with Crippen LogP contribution in [0.1, 0.15) is 56.5 Å². The Labute approximate surface area is 281 Å². The zero-order valence-electron chi connectivity index (χ0n) is 27.1. The standard InChI is InChI=1S/C36H38F3N7O3/c1-3-24-26(38)9-6-19-12-23(47)13-25(27(19)24)30-29(39)31-28(32(42-30)34(48)40-4-2)33(45-16-21-7-8-22(17-45)41-21)44-35(43-31)49-18-36-10-5-11-46(36)15-20(37)14-36/h1,6,9,12-13,20-22,34,40-41,47-48H,4-5,7-8,10-11,14-18H2,2H3/t20-,21?,22?,34?,36+/m1/s1. The smallest absolute Gasteiger partial charge is 0.319 e. The molecule has 4 aliphatic rings. The molecular formula is C36H38F3N7O3. The van der Waals surface area contributed by atoms with Gasteiger partial charge in [-0.15, -0.1) is 6.42 Å². The minimum absolute atomic E-state index is 0.0371. The predicted octanol–water partition coefficient (Wildman–Crippen LogP) is 4.31. The predicted molar refractivity (Wildman–Crippen MR) is 179 cm³/mol. The van der Waals surface area contributed by atoms with Gasteiger partial charge in [0, 0.05) is 49.1 Å². The van der Waals surface area contributed by atoms with E-state index in [1.807, 2.05) is 6.92 Å². The van der Waals surface area contributed by atoms with Crippen LogP contribution in [0.2, 0.25) is 0 Å². The summed E-state index contributed by atoms with van der Waals surface area (Å²) < 4.78 is 53.2. The van der Waals surface area contributed by atoms with E-state index in [-0.39, 0.29) is 69.3 Å². The van der Waals surface area contributed by atoms with Gasteiger partial charge in [-0.25, -0.2) is 18.2 Å². The van der Waals surface area contributed by atoms with E-state index in [4.69, 9.17) is 16.1 Å². The van der Waals surface area contributed by atoms with Gasteiger partial charge >= 0.3 is 6.01 Å². The maximum atomic E-state index is 17.3. The van der Waals surface area contributed by atoms with Gasteiger partial charge in [-0.3, -0.25) is 10.2 Å². The van der Waals surface area contributed by atoms with E-state index in [0.717, 1.165) is 32.2 Å². The Bertz CT molecular complexity index is 2000. The molecule has 0 aliphatic carbocycles. The third-order valence-corrected chi connectivity index (χ3v) is 10.6. The van der Waals surface area contributed by atoms with Crippen LogP contribution in [-0.2, 0) is 0 Å². The molecule has 0 radical (unpaired) electrons. The first-order valence-electron chi connectivity index (χ1n) is 17.0. The first-order chi connectivity index (χ1) is 23.7. The molecule has 4 aromatic rings. The third-order valence-electron chi connectivity index (χ3n) is 10.6. The lowest BCUT2D eigenvalue weighted by atomic mass is 9.95. The number of rotatable bonds is 8. The van der Waals surface area contributed by atoms with Crippen LogP contribution in [0.3, 0.4) is 0 Å². The fourth-order valence-corrected chi connectivity index (χ4v) is 8.49. The maximum Gasteiger partial charge on any atom is 0.319 e. The Morgan fingerprint density at radius 2 is 1.94 bits per heavy atom. The Morgan fingerprint density at radius 3 is 2.69 bits per heavy atom. The zero-order chi connectivity index (χ0) is 34.0. The number of anilines is 1. The quantitative estimate of drug-likeness (QED) is 0.159. The van der Waals surface area contributed by atoms with Gasteiger partial charge in [0.25, 0.3) is 0 Å². The highest BCUT2D eigenvalue weighted by molar-refractivity contribution is 6.03. The van der Waals surface area contributed by atoms with Crippen molar-refractivity contribution in [3.63, 3.8) is 0 Å². The minimum atomic E-state index is -1.36. The number of halogens is 3. The van der Waals surface area contributed by atoms with Crippen LogP contribution < -0.4 is 20.3 Å². The maximum absolute atomic E-state index is 17.3. The molecule has 256 valence electrons. The number of hydrogen-bond donors (Lipinski definition) is 4. The monoisotopic (exact) mass is 673 g/mol. The number of ether oxygens (including phenoxy) is 1. The van der Waals surface area contributed by atoms with Crippen LogP contribution >= 0.6 is 0 Å². The molecule has 10 nitrogen and oxygen atoms in total. The average molecular weight is 674 g/mol. The second-order valence-corrected chi connectivity index (χ2v) is 13.7. The summed E-state index contributed by atoms with van der Waals surface area (Å²) in [5, 5.41) is 29.5. The molecule has 6 heterocycles. The summed E-state index contributed by atoms with van der Waals surface area (Å²) in [4.78, 5) is 18.3. The van der Waals surface area contributed by atoms with E-state index in [0.29, 0.717) is 43.8 Å². The Hall–Kier alpha value is -4.22. The van der Waals surface area contributed by atoms with Crippen molar-refractivity contribution in [1.29, 1.82) is 0 Å². The summed E-state index contributed by atoms with van der Waals surface area (Å²) in [6.45, 7) is 4.63. The molecule has 8 rings (SSSR count). The zero-order valence-corrected chi connectivity index (χ0v) is 27.1. The van der Waals surface area contributed by atoms with Gasteiger partial charge in [0.15, 0.2) is 5.82 Å². The van der Waals surface area contributed by atoms with Crippen molar-refractivity contribution in [1.82, 2.24) is 30.5 Å². The van der Waals surface area contributed by atoms with E-state index in [2.05, 4.69) is 36.3 Å². The van der Waals surface area contributed by atoms with Crippen LogP contribution in [0.4, 0.5) is 19.0 Å². The molecule has 4 saturated heterocycles. The molecule has 4 N–H and O–H groups in total. The van der Waals surface area contributed by atoms with Crippen LogP contribution in [0.5, 0.6) is 11.8 Å². The normalized spacial score (nSPS) is 25.6. The molecule has 5 atom stereocenters. The highest BCUT2D eigenvalue weighted by Crippen LogP contribution is 2.43. The molecule has 4 aliphatic heterocycles. The van der Waals surface area contributed by atoms with E-state index in [1.165, 1.54) is 24.3 Å². The highest BCUT2D eigenvalue weighted by Gasteiger charge is 2.49. The van der Waals surface area contributed by atoms with Gasteiger partial charge in [-0.2, -0.15) is 9.97 Å². The SMILES string of the molecule is C#Cc1c(F)ccc2cc(O)cc(-c3nc(C(O)NCC)c4c(N5CC6CCC(C5)N6)nc(OC[C@@]56CCCN5C[C@H](F)C6)nc4c3F)c12. The number of fused-ring (bicyclic) bond motifs is 5. The van der Waals surface area contributed by atoms with Gasteiger partial charge in [0.1, 0.15) is 47.6 Å². The van der Waals surface area contributed by atoms with Crippen LogP contribution in [0, 0.1) is 24.0 Å². The number of aliphatic hydroxyl groups excluding tert-OH is 1. The van der Waals surface area contributed by atoms with E-state index >= 15 is 8.78 Å². The number of pyridine rings is 1. The van der Waals surface area contributed by atoms with Crippen molar-refractivity contribution in [2.45, 2.75) is 69.1 Å². The number of nitrogens with zero attached hydrogens (tertiary/aromatic N) is 5. The molecule has 0 saturated carbocycles. The number of aliphatic hydroxyl groups is 1. The molecule has 13 heteroatoms. The largest absolute Gasteiger partial charge is 0.508 e. The molecule has 3 unspecified atom stereocenters. The van der Waals surface area contributed by atoms with E-state index in [1.54, 1.807) is 0 Å². The van der Waals surface area contributed by atoms with Gasteiger partial charge in [0.2, 0.25) is 0 Å². The molecule has 0 amide bonds. The minimum Gasteiger partial charge on any atom is -0.508 e. The first kappa shape index (κ1) is 32.0. The number of aromatic hydroxyl groups is 1. The lowest BCUT2D eigenvalue weighted by molar-refractivity contribution is 0.107. The Balaban J connectivity index is 1.36. The number of piperazine rings is 1. The number of nitrogens with one attached hydrogen (secondary N) is 2. The number of benzene rings is 2. The second-order valence-electron chi connectivity index (χ2n) is 13.7. The Kier molecular flexibility index (Phi) is 8.02. The summed E-state index contributed by atoms with van der Waals surface area (Å²) in [6, 6.07) is 5.65. The first-order valence-corrected chi connectivity index (χ1v) is 17.0. The topological polar surface area (TPSA) is 119 Å². The van der Waals surface area contributed by atoms with Crippen molar-refractivity contribution in [3.8, 4) is 35.4 Å². The summed E-state index contributed by atoms with van der Waals surface area (Å²) in [5.41, 5.74) is -0.947. The average Bonchev–Trinajstić information content (AvgIpc) is 3.73. The lowest BCUT2D eigenvalue weighted by Gasteiger charge is -2.35. The summed E-state index contributed by atoms with van der Waals surface area (Å²) >= 11 is 0. The second kappa shape index (κ2) is 12.3. The Morgan fingerprint density at radius 1 is 1.14 bits per heavy atom. The molecule has 49 heavy (non-hydrogen) atoms. The molecule has 2 bridgehead atoms. The lowest BCUT2D eigenvalue weighted by Crippen LogP contribution is -2.51. The van der Waals surface area contributed by atoms with Gasteiger partial charge in [0.05, 0.1) is 22.2 Å².